The van der Waals surface area contributed by atoms with E-state index in [4.69, 9.17) is 9.47 Å². The van der Waals surface area contributed by atoms with Crippen LogP contribution in [-0.2, 0) is 33.0 Å². The van der Waals surface area contributed by atoms with E-state index in [9.17, 15) is 34.5 Å². The van der Waals surface area contributed by atoms with Crippen molar-refractivity contribution in [2.24, 2.45) is 5.92 Å². The largest absolute Gasteiger partial charge is 0.506 e. The number of carbonyl (C=O) groups is 3. The molecule has 14 heteroatoms. The third kappa shape index (κ3) is 11.6. The monoisotopic (exact) mass is 907 g/mol. The first kappa shape index (κ1) is 46.7. The first-order chi connectivity index (χ1) is 32.5. The Morgan fingerprint density at radius 1 is 0.776 bits per heavy atom. The molecular weight excluding hydrogens is 851 g/mol. The van der Waals surface area contributed by atoms with Gasteiger partial charge in [0.25, 0.3) is 11.8 Å². The van der Waals surface area contributed by atoms with Crippen LogP contribution in [0.4, 0.5) is 0 Å². The van der Waals surface area contributed by atoms with Crippen molar-refractivity contribution in [2.75, 3.05) is 45.9 Å². The Morgan fingerprint density at radius 2 is 1.48 bits per heavy atom. The van der Waals surface area contributed by atoms with Gasteiger partial charge in [0.05, 0.1) is 18.2 Å². The normalized spacial score (nSPS) is 16.2. The van der Waals surface area contributed by atoms with Crippen molar-refractivity contribution < 1.29 is 39.2 Å². The van der Waals surface area contributed by atoms with Gasteiger partial charge in [0, 0.05) is 61.3 Å². The summed E-state index contributed by atoms with van der Waals surface area (Å²) in [6, 6.07) is 38.7. The predicted octanol–water partition coefficient (Wildman–Crippen LogP) is 5.55. The second kappa shape index (κ2) is 21.6. The van der Waals surface area contributed by atoms with Gasteiger partial charge in [-0.1, -0.05) is 91.0 Å². The molecule has 0 aliphatic carbocycles. The number of pyridine rings is 1. The summed E-state index contributed by atoms with van der Waals surface area (Å²) < 4.78 is 11.8. The highest BCUT2D eigenvalue weighted by molar-refractivity contribution is 5.94. The number of phenols is 1. The van der Waals surface area contributed by atoms with Crippen molar-refractivity contribution >= 4 is 28.7 Å². The molecule has 0 bridgehead atoms. The SMILES string of the molecule is O=C(NC1CCN(C(=O)COc2cccc(C(O)(C(=O)OCC3CCN(Cc4ccccc4)CC3)c3ccccc3)c2)CC1)c1ccc(CNC[C@H](O)c2ccc(O)c3[nH]c(=O)ccc23)cc1. The molecule has 3 heterocycles. The Morgan fingerprint density at radius 3 is 2.21 bits per heavy atom. The summed E-state index contributed by atoms with van der Waals surface area (Å²) in [4.78, 5) is 58.8. The van der Waals surface area contributed by atoms with E-state index in [0.29, 0.717) is 60.3 Å². The Kier molecular flexibility index (Phi) is 15.1. The van der Waals surface area contributed by atoms with Crippen LogP contribution in [0, 0.1) is 5.92 Å². The van der Waals surface area contributed by atoms with Crippen LogP contribution in [0.2, 0.25) is 0 Å². The van der Waals surface area contributed by atoms with E-state index >= 15 is 0 Å². The van der Waals surface area contributed by atoms with Crippen molar-refractivity contribution in [3.05, 3.63) is 177 Å². The van der Waals surface area contributed by atoms with Crippen LogP contribution in [-0.4, -0.2) is 99.9 Å². The van der Waals surface area contributed by atoms with Crippen LogP contribution in [0.25, 0.3) is 10.9 Å². The molecule has 1 unspecified atom stereocenters. The Balaban J connectivity index is 0.779. The summed E-state index contributed by atoms with van der Waals surface area (Å²) in [5, 5.41) is 40.1. The number of fused-ring (bicyclic) bond motifs is 1. The number of esters is 1. The maximum atomic E-state index is 13.9. The third-order valence-electron chi connectivity index (χ3n) is 12.8. The van der Waals surface area contributed by atoms with E-state index in [2.05, 4.69) is 32.7 Å². The number of aliphatic hydroxyl groups excluding tert-OH is 1. The number of aliphatic hydroxyl groups is 2. The van der Waals surface area contributed by atoms with E-state index in [1.807, 2.05) is 36.4 Å². The number of carbonyl (C=O) groups excluding carboxylic acids is 3. The average molecular weight is 908 g/mol. The standard InChI is InChI=1S/C53H57N5O9/c59-46-20-18-44(45-19-21-48(61)56-50(45)46)47(60)32-54-31-36-14-16-39(17-15-36)51(63)55-42-24-28-58(29-25-42)49(62)35-66-43-13-7-12-41(30-43)53(65,40-10-5-2-6-11-40)52(64)67-34-38-22-26-57(27-23-38)33-37-8-3-1-4-9-37/h1-21,30,38,42,47,54,59-60,65H,22-29,31-35H2,(H,55,63)(H,56,61)/t47-,53?/m0/s1. The second-order valence-corrected chi connectivity index (χ2v) is 17.5. The molecule has 2 saturated heterocycles. The Hall–Kier alpha value is -6.84. The maximum absolute atomic E-state index is 13.9. The minimum absolute atomic E-state index is 0.0720. The number of rotatable bonds is 17. The number of amides is 2. The molecule has 0 spiro atoms. The topological polar surface area (TPSA) is 194 Å². The fourth-order valence-corrected chi connectivity index (χ4v) is 8.91. The van der Waals surface area contributed by atoms with Gasteiger partial charge < -0.3 is 45.3 Å². The summed E-state index contributed by atoms with van der Waals surface area (Å²) >= 11 is 0. The van der Waals surface area contributed by atoms with Gasteiger partial charge in [-0.2, -0.15) is 0 Å². The number of benzene rings is 5. The van der Waals surface area contributed by atoms with E-state index in [0.717, 1.165) is 38.0 Å². The van der Waals surface area contributed by atoms with Crippen LogP contribution in [0.5, 0.6) is 11.5 Å². The molecule has 2 aliphatic rings. The lowest BCUT2D eigenvalue weighted by atomic mass is 9.86. The van der Waals surface area contributed by atoms with Crippen molar-refractivity contribution in [2.45, 2.75) is 56.5 Å². The van der Waals surface area contributed by atoms with E-state index in [1.165, 1.54) is 17.7 Å². The number of aromatic amines is 1. The zero-order valence-corrected chi connectivity index (χ0v) is 37.3. The number of phenolic OH excluding ortho intramolecular Hbond substituents is 1. The lowest BCUT2D eigenvalue weighted by molar-refractivity contribution is -0.164. The highest BCUT2D eigenvalue weighted by atomic mass is 16.5. The summed E-state index contributed by atoms with van der Waals surface area (Å²) in [6.07, 6.45) is 2.01. The zero-order valence-electron chi connectivity index (χ0n) is 37.3. The fourth-order valence-electron chi connectivity index (χ4n) is 8.91. The molecular formula is C53H57N5O9. The van der Waals surface area contributed by atoms with Crippen LogP contribution in [0.3, 0.4) is 0 Å². The van der Waals surface area contributed by atoms with E-state index in [1.54, 1.807) is 77.7 Å². The Labute approximate surface area is 389 Å². The number of ether oxygens (including phenoxy) is 2. The van der Waals surface area contributed by atoms with Crippen LogP contribution >= 0.6 is 0 Å². The Bertz CT molecular complexity index is 2680. The molecule has 1 aromatic heterocycles. The molecule has 14 nitrogen and oxygen atoms in total. The lowest BCUT2D eigenvalue weighted by Crippen LogP contribution is -2.47. The minimum atomic E-state index is -2.10. The predicted molar refractivity (Wildman–Crippen MR) is 253 cm³/mol. The zero-order chi connectivity index (χ0) is 46.8. The summed E-state index contributed by atoms with van der Waals surface area (Å²) in [5.41, 5.74) is 1.71. The van der Waals surface area contributed by atoms with Gasteiger partial charge in [0.1, 0.15) is 11.5 Å². The van der Waals surface area contributed by atoms with Gasteiger partial charge in [-0.3, -0.25) is 19.3 Å². The minimum Gasteiger partial charge on any atom is -0.506 e. The summed E-state index contributed by atoms with van der Waals surface area (Å²) in [5.74, 6) is -0.764. The number of H-pyrrole nitrogens is 1. The molecule has 348 valence electrons. The number of aromatic nitrogens is 1. The van der Waals surface area contributed by atoms with Crippen LogP contribution in [0.1, 0.15) is 70.0 Å². The molecule has 2 aliphatic heterocycles. The fraction of sp³-hybridized carbons (Fsp3) is 0.321. The average Bonchev–Trinajstić information content (AvgIpc) is 3.36. The molecule has 2 atom stereocenters. The number of nitrogens with one attached hydrogen (secondary N) is 3. The number of hydrogen-bond acceptors (Lipinski definition) is 11. The number of hydrogen-bond donors (Lipinski definition) is 6. The number of aromatic hydroxyl groups is 1. The molecule has 67 heavy (non-hydrogen) atoms. The summed E-state index contributed by atoms with van der Waals surface area (Å²) in [7, 11) is 0. The number of likely N-dealkylation sites (tertiary alicyclic amines) is 2. The molecule has 6 aromatic rings. The lowest BCUT2D eigenvalue weighted by Gasteiger charge is -2.33. The maximum Gasteiger partial charge on any atom is 0.347 e. The van der Waals surface area contributed by atoms with Gasteiger partial charge >= 0.3 is 5.97 Å². The second-order valence-electron chi connectivity index (χ2n) is 17.5. The highest BCUT2D eigenvalue weighted by Crippen LogP contribution is 2.34. The first-order valence-electron chi connectivity index (χ1n) is 22.9. The van der Waals surface area contributed by atoms with Gasteiger partial charge in [-0.25, -0.2) is 4.79 Å². The number of piperidine rings is 2. The molecule has 5 aromatic carbocycles. The molecule has 8 rings (SSSR count). The summed E-state index contributed by atoms with van der Waals surface area (Å²) in [6.45, 7) is 4.17. The van der Waals surface area contributed by atoms with Crippen molar-refractivity contribution in [1.29, 1.82) is 0 Å². The highest BCUT2D eigenvalue weighted by Gasteiger charge is 2.42. The smallest absolute Gasteiger partial charge is 0.347 e. The van der Waals surface area contributed by atoms with Gasteiger partial charge in [-0.15, -0.1) is 0 Å². The molecule has 6 N–H and O–H groups in total. The molecule has 2 amide bonds. The van der Waals surface area contributed by atoms with E-state index in [-0.39, 0.29) is 65.9 Å². The van der Waals surface area contributed by atoms with Crippen molar-refractivity contribution in [1.82, 2.24) is 25.4 Å². The van der Waals surface area contributed by atoms with Crippen molar-refractivity contribution in [3.63, 3.8) is 0 Å². The van der Waals surface area contributed by atoms with Crippen LogP contribution < -0.4 is 20.9 Å². The molecule has 2 fully saturated rings. The molecule has 0 saturated carbocycles. The molecule has 0 radical (unpaired) electrons. The van der Waals surface area contributed by atoms with Crippen LogP contribution in [0.15, 0.2) is 138 Å². The van der Waals surface area contributed by atoms with Crippen molar-refractivity contribution in [3.8, 4) is 11.5 Å². The number of nitrogens with zero attached hydrogens (tertiary/aromatic N) is 2. The third-order valence-corrected chi connectivity index (χ3v) is 12.8. The van der Waals surface area contributed by atoms with E-state index < -0.39 is 17.7 Å². The quantitative estimate of drug-likeness (QED) is 0.0629. The van der Waals surface area contributed by atoms with Gasteiger partial charge in [0.2, 0.25) is 11.2 Å². The first-order valence-corrected chi connectivity index (χ1v) is 22.9. The van der Waals surface area contributed by atoms with Gasteiger partial charge in [-0.05, 0) is 103 Å². The van der Waals surface area contributed by atoms with Gasteiger partial charge in [0.15, 0.2) is 6.61 Å².